The Balaban J connectivity index is 1.99. The van der Waals surface area contributed by atoms with Crippen molar-refractivity contribution in [2.45, 2.75) is 45.1 Å². The van der Waals surface area contributed by atoms with Crippen LogP contribution >= 0.6 is 0 Å². The molecular formula is C11H23NO. The van der Waals surface area contributed by atoms with Gasteiger partial charge in [0.25, 0.3) is 0 Å². The van der Waals surface area contributed by atoms with Gasteiger partial charge in [-0.2, -0.15) is 0 Å². The minimum Gasteiger partial charge on any atom is -0.396 e. The van der Waals surface area contributed by atoms with Crippen LogP contribution in [-0.2, 0) is 0 Å². The maximum absolute atomic E-state index is 8.63. The molecule has 0 saturated heterocycles. The normalized spacial score (nSPS) is 19.4. The zero-order valence-electron chi connectivity index (χ0n) is 9.00. The van der Waals surface area contributed by atoms with E-state index in [2.05, 4.69) is 18.9 Å². The standard InChI is InChI=1S/C11H23NO/c1-10(11-6-7-11)12(2)8-4-3-5-9-13/h10-11,13H,3-9H2,1-2H3. The highest BCUT2D eigenvalue weighted by molar-refractivity contribution is 4.83. The van der Waals surface area contributed by atoms with Crippen LogP contribution in [0, 0.1) is 5.92 Å². The van der Waals surface area contributed by atoms with Crippen molar-refractivity contribution in [1.82, 2.24) is 4.90 Å². The Labute approximate surface area is 81.9 Å². The first-order chi connectivity index (χ1) is 6.25. The summed E-state index contributed by atoms with van der Waals surface area (Å²) < 4.78 is 0. The summed E-state index contributed by atoms with van der Waals surface area (Å²) in [6, 6.07) is 0.772. The highest BCUT2D eigenvalue weighted by Crippen LogP contribution is 2.34. The van der Waals surface area contributed by atoms with Gasteiger partial charge < -0.3 is 10.0 Å². The van der Waals surface area contributed by atoms with E-state index in [1.807, 2.05) is 0 Å². The molecule has 1 rings (SSSR count). The lowest BCUT2D eigenvalue weighted by Crippen LogP contribution is -2.31. The summed E-state index contributed by atoms with van der Waals surface area (Å²) in [7, 11) is 2.22. The Morgan fingerprint density at radius 2 is 2.00 bits per heavy atom. The van der Waals surface area contributed by atoms with E-state index in [9.17, 15) is 0 Å². The first kappa shape index (κ1) is 11.0. The fourth-order valence-corrected chi connectivity index (χ4v) is 1.79. The van der Waals surface area contributed by atoms with E-state index in [-0.39, 0.29) is 0 Å². The number of nitrogens with zero attached hydrogens (tertiary/aromatic N) is 1. The predicted octanol–water partition coefficient (Wildman–Crippen LogP) is 1.88. The van der Waals surface area contributed by atoms with Crippen molar-refractivity contribution in [3.05, 3.63) is 0 Å². The molecule has 1 N–H and O–H groups in total. The molecule has 0 amide bonds. The van der Waals surface area contributed by atoms with Crippen LogP contribution in [0.2, 0.25) is 0 Å². The first-order valence-electron chi connectivity index (χ1n) is 5.57. The highest BCUT2D eigenvalue weighted by Gasteiger charge is 2.29. The van der Waals surface area contributed by atoms with Crippen LogP contribution < -0.4 is 0 Å². The smallest absolute Gasteiger partial charge is 0.0431 e. The third-order valence-corrected chi connectivity index (χ3v) is 3.17. The van der Waals surface area contributed by atoms with Crippen LogP contribution in [0.1, 0.15) is 39.0 Å². The van der Waals surface area contributed by atoms with Crippen molar-refractivity contribution in [2.75, 3.05) is 20.2 Å². The minimum absolute atomic E-state index is 0.349. The van der Waals surface area contributed by atoms with Crippen LogP contribution in [0.3, 0.4) is 0 Å². The van der Waals surface area contributed by atoms with Crippen LogP contribution in [0.15, 0.2) is 0 Å². The SMILES string of the molecule is CC(C1CC1)N(C)CCCCCO. The van der Waals surface area contributed by atoms with Gasteiger partial charge in [-0.1, -0.05) is 0 Å². The summed E-state index contributed by atoms with van der Waals surface area (Å²) >= 11 is 0. The van der Waals surface area contributed by atoms with E-state index in [0.29, 0.717) is 6.61 Å². The van der Waals surface area contributed by atoms with Crippen molar-refractivity contribution in [3.63, 3.8) is 0 Å². The molecule has 1 aliphatic carbocycles. The monoisotopic (exact) mass is 185 g/mol. The fourth-order valence-electron chi connectivity index (χ4n) is 1.79. The van der Waals surface area contributed by atoms with Crippen LogP contribution in [-0.4, -0.2) is 36.2 Å². The van der Waals surface area contributed by atoms with Gasteiger partial charge in [-0.05, 0) is 58.5 Å². The Hall–Kier alpha value is -0.0800. The van der Waals surface area contributed by atoms with E-state index in [1.54, 1.807) is 0 Å². The summed E-state index contributed by atoms with van der Waals surface area (Å²) in [5.41, 5.74) is 0. The average molecular weight is 185 g/mol. The van der Waals surface area contributed by atoms with E-state index in [4.69, 9.17) is 5.11 Å². The molecule has 1 fully saturated rings. The quantitative estimate of drug-likeness (QED) is 0.612. The largest absolute Gasteiger partial charge is 0.396 e. The van der Waals surface area contributed by atoms with Crippen LogP contribution in [0.4, 0.5) is 0 Å². The summed E-state index contributed by atoms with van der Waals surface area (Å²) in [6.07, 6.45) is 6.22. The van der Waals surface area contributed by atoms with E-state index in [1.165, 1.54) is 25.8 Å². The number of hydrogen-bond donors (Lipinski definition) is 1. The molecule has 2 heteroatoms. The summed E-state index contributed by atoms with van der Waals surface area (Å²) in [4.78, 5) is 2.47. The average Bonchev–Trinajstić information content (AvgIpc) is 2.94. The molecule has 13 heavy (non-hydrogen) atoms. The molecule has 0 bridgehead atoms. The van der Waals surface area contributed by atoms with Crippen LogP contribution in [0.25, 0.3) is 0 Å². The molecule has 2 nitrogen and oxygen atoms in total. The number of aliphatic hydroxyl groups excluding tert-OH is 1. The lowest BCUT2D eigenvalue weighted by molar-refractivity contribution is 0.224. The number of unbranched alkanes of at least 4 members (excludes halogenated alkanes) is 2. The summed E-state index contributed by atoms with van der Waals surface area (Å²) in [5.74, 6) is 0.975. The number of hydrogen-bond acceptors (Lipinski definition) is 2. The molecule has 0 heterocycles. The number of aliphatic hydroxyl groups is 1. The summed E-state index contributed by atoms with van der Waals surface area (Å²) in [5, 5.41) is 8.63. The zero-order valence-corrected chi connectivity index (χ0v) is 9.00. The molecule has 0 aromatic carbocycles. The molecule has 0 aromatic rings. The van der Waals surface area contributed by atoms with Gasteiger partial charge in [0.2, 0.25) is 0 Å². The van der Waals surface area contributed by atoms with Gasteiger partial charge in [-0.25, -0.2) is 0 Å². The molecule has 0 spiro atoms. The maximum Gasteiger partial charge on any atom is 0.0431 e. The van der Waals surface area contributed by atoms with Crippen molar-refractivity contribution < 1.29 is 5.11 Å². The Morgan fingerprint density at radius 3 is 2.54 bits per heavy atom. The summed E-state index contributed by atoms with van der Waals surface area (Å²) in [6.45, 7) is 3.88. The lowest BCUT2D eigenvalue weighted by atomic mass is 10.1. The topological polar surface area (TPSA) is 23.5 Å². The van der Waals surface area contributed by atoms with Crippen molar-refractivity contribution in [2.24, 2.45) is 5.92 Å². The molecule has 78 valence electrons. The second-order valence-electron chi connectivity index (χ2n) is 4.34. The first-order valence-corrected chi connectivity index (χ1v) is 5.57. The van der Waals surface area contributed by atoms with Gasteiger partial charge in [-0.3, -0.25) is 0 Å². The molecule has 1 saturated carbocycles. The van der Waals surface area contributed by atoms with Crippen molar-refractivity contribution >= 4 is 0 Å². The number of rotatable bonds is 7. The zero-order chi connectivity index (χ0) is 9.68. The molecule has 0 aromatic heterocycles. The highest BCUT2D eigenvalue weighted by atomic mass is 16.2. The predicted molar refractivity (Wildman–Crippen MR) is 55.8 cm³/mol. The Kier molecular flexibility index (Phi) is 4.74. The minimum atomic E-state index is 0.349. The molecule has 0 aliphatic heterocycles. The second-order valence-corrected chi connectivity index (χ2v) is 4.34. The van der Waals surface area contributed by atoms with Gasteiger partial charge in [-0.15, -0.1) is 0 Å². The van der Waals surface area contributed by atoms with Gasteiger partial charge >= 0.3 is 0 Å². The lowest BCUT2D eigenvalue weighted by Gasteiger charge is -2.24. The van der Waals surface area contributed by atoms with Crippen molar-refractivity contribution in [3.8, 4) is 0 Å². The Morgan fingerprint density at radius 1 is 1.31 bits per heavy atom. The van der Waals surface area contributed by atoms with Crippen molar-refractivity contribution in [1.29, 1.82) is 0 Å². The third kappa shape index (κ3) is 4.10. The van der Waals surface area contributed by atoms with Crippen LogP contribution in [0.5, 0.6) is 0 Å². The van der Waals surface area contributed by atoms with Gasteiger partial charge in [0.15, 0.2) is 0 Å². The van der Waals surface area contributed by atoms with Gasteiger partial charge in [0.05, 0.1) is 0 Å². The fraction of sp³-hybridized carbons (Fsp3) is 1.00. The van der Waals surface area contributed by atoms with Gasteiger partial charge in [0, 0.05) is 12.6 Å². The van der Waals surface area contributed by atoms with E-state index >= 15 is 0 Å². The van der Waals surface area contributed by atoms with E-state index in [0.717, 1.165) is 24.8 Å². The molecule has 1 aliphatic rings. The van der Waals surface area contributed by atoms with E-state index < -0.39 is 0 Å². The second kappa shape index (κ2) is 5.61. The van der Waals surface area contributed by atoms with Gasteiger partial charge in [0.1, 0.15) is 0 Å². The third-order valence-electron chi connectivity index (χ3n) is 3.17. The molecular weight excluding hydrogens is 162 g/mol. The molecule has 0 radical (unpaired) electrons. The molecule has 1 unspecified atom stereocenters. The maximum atomic E-state index is 8.63. The Bertz CT molecular complexity index is 134. The molecule has 1 atom stereocenters.